The number of benzene rings is 3. The lowest BCUT2D eigenvalue weighted by molar-refractivity contribution is -0.126. The monoisotopic (exact) mass is 474 g/mol. The van der Waals surface area contributed by atoms with Gasteiger partial charge in [-0.1, -0.05) is 24.3 Å². The summed E-state index contributed by atoms with van der Waals surface area (Å²) in [4.78, 5) is 46.0. The summed E-state index contributed by atoms with van der Waals surface area (Å²) >= 11 is 0. The fourth-order valence-electron chi connectivity index (χ4n) is 4.55. The van der Waals surface area contributed by atoms with Crippen LogP contribution in [0.5, 0.6) is 11.5 Å². The minimum atomic E-state index is -1.05. The van der Waals surface area contributed by atoms with Gasteiger partial charge in [-0.2, -0.15) is 0 Å². The first-order valence-corrected chi connectivity index (χ1v) is 10.9. The molecule has 3 aromatic rings. The predicted molar refractivity (Wildman–Crippen MR) is 125 cm³/mol. The Kier molecular flexibility index (Phi) is 5.62. The van der Waals surface area contributed by atoms with Crippen molar-refractivity contribution >= 4 is 29.2 Å². The number of hydrogen-bond donors (Lipinski definition) is 1. The van der Waals surface area contributed by atoms with Crippen molar-refractivity contribution in [3.63, 3.8) is 0 Å². The normalized spacial score (nSPS) is 21.3. The van der Waals surface area contributed by atoms with Crippen LogP contribution >= 0.6 is 0 Å². The molecule has 2 fully saturated rings. The maximum absolute atomic E-state index is 13.7. The number of carbonyl (C=O) groups excluding carboxylic acids is 3. The van der Waals surface area contributed by atoms with Gasteiger partial charge in [0.15, 0.2) is 17.6 Å². The van der Waals surface area contributed by atoms with Gasteiger partial charge in [-0.05, 0) is 54.1 Å². The number of carbonyl (C=O) groups is 3. The van der Waals surface area contributed by atoms with Crippen LogP contribution in [-0.2, 0) is 19.2 Å². The van der Waals surface area contributed by atoms with E-state index >= 15 is 0 Å². The van der Waals surface area contributed by atoms with E-state index in [0.717, 1.165) is 4.90 Å². The molecule has 0 aliphatic carbocycles. The van der Waals surface area contributed by atoms with Gasteiger partial charge in [0.1, 0.15) is 5.92 Å². The van der Waals surface area contributed by atoms with E-state index in [1.807, 2.05) is 30.3 Å². The van der Waals surface area contributed by atoms with E-state index in [2.05, 4.69) is 0 Å². The second-order valence-corrected chi connectivity index (χ2v) is 8.14. The molecule has 2 amide bonds. The zero-order chi connectivity index (χ0) is 24.7. The van der Waals surface area contributed by atoms with Crippen molar-refractivity contribution in [1.82, 2.24) is 0 Å². The molecule has 0 aromatic heterocycles. The standard InChI is InChI=1S/C26H22N2O7/c1-33-20-14-16(10-13-19(20)29)22-21-23(35-28(22)18-6-4-3-5-7-18)25(31)27(24(21)30)17-11-8-15(9-12-17)26(32)34-2/h3-14,21-23,29H,1-2H3/t21-,22-,23-/m0/s1. The summed E-state index contributed by atoms with van der Waals surface area (Å²) in [6.45, 7) is 0. The lowest BCUT2D eigenvalue weighted by Crippen LogP contribution is -2.37. The number of hydroxylamine groups is 1. The van der Waals surface area contributed by atoms with Gasteiger partial charge < -0.3 is 14.6 Å². The highest BCUT2D eigenvalue weighted by Crippen LogP contribution is 2.48. The van der Waals surface area contributed by atoms with Crippen molar-refractivity contribution in [2.45, 2.75) is 12.1 Å². The lowest BCUT2D eigenvalue weighted by atomic mass is 9.90. The Morgan fingerprint density at radius 2 is 1.63 bits per heavy atom. The number of anilines is 2. The fraction of sp³-hybridized carbons (Fsp3) is 0.192. The molecule has 0 bridgehead atoms. The van der Waals surface area contributed by atoms with Gasteiger partial charge >= 0.3 is 5.97 Å². The third-order valence-corrected chi connectivity index (χ3v) is 6.22. The quantitative estimate of drug-likeness (QED) is 0.444. The number of rotatable bonds is 5. The smallest absolute Gasteiger partial charge is 0.337 e. The molecule has 0 saturated carbocycles. The molecule has 2 heterocycles. The molecule has 35 heavy (non-hydrogen) atoms. The second-order valence-electron chi connectivity index (χ2n) is 8.14. The highest BCUT2D eigenvalue weighted by atomic mass is 16.7. The minimum absolute atomic E-state index is 0.0425. The molecule has 2 aliphatic heterocycles. The number of imide groups is 1. The van der Waals surface area contributed by atoms with Gasteiger partial charge in [0.25, 0.3) is 5.91 Å². The summed E-state index contributed by atoms with van der Waals surface area (Å²) in [6, 6.07) is 19.3. The largest absolute Gasteiger partial charge is 0.504 e. The Morgan fingerprint density at radius 3 is 2.29 bits per heavy atom. The second kappa shape index (κ2) is 8.77. The summed E-state index contributed by atoms with van der Waals surface area (Å²) in [5.74, 6) is -2.10. The van der Waals surface area contributed by atoms with E-state index in [1.54, 1.807) is 17.2 Å². The SMILES string of the molecule is COC(=O)c1ccc(N2C(=O)[C@@H]3[C@H](ON(c4ccccc4)[C@H]3c3ccc(O)c(OC)c3)C2=O)cc1. The molecular weight excluding hydrogens is 452 g/mol. The van der Waals surface area contributed by atoms with Gasteiger partial charge in [0.05, 0.1) is 37.2 Å². The Bertz CT molecular complexity index is 1290. The van der Waals surface area contributed by atoms with Crippen molar-refractivity contribution in [2.24, 2.45) is 5.92 Å². The molecule has 1 N–H and O–H groups in total. The Labute approximate surface area is 201 Å². The number of phenols is 1. The number of nitrogens with zero attached hydrogens (tertiary/aromatic N) is 2. The van der Waals surface area contributed by atoms with Crippen molar-refractivity contribution < 1.29 is 33.8 Å². The Morgan fingerprint density at radius 1 is 0.914 bits per heavy atom. The van der Waals surface area contributed by atoms with Crippen LogP contribution in [0.15, 0.2) is 72.8 Å². The van der Waals surface area contributed by atoms with Crippen LogP contribution in [0.4, 0.5) is 11.4 Å². The molecule has 5 rings (SSSR count). The van der Waals surface area contributed by atoms with Gasteiger partial charge in [-0.3, -0.25) is 14.4 Å². The van der Waals surface area contributed by atoms with E-state index in [9.17, 15) is 19.5 Å². The maximum Gasteiger partial charge on any atom is 0.337 e. The molecule has 178 valence electrons. The Balaban J connectivity index is 1.55. The third kappa shape index (κ3) is 3.66. The number of hydrogen-bond acceptors (Lipinski definition) is 8. The van der Waals surface area contributed by atoms with E-state index in [4.69, 9.17) is 14.3 Å². The Hall–Kier alpha value is -4.37. The summed E-state index contributed by atoms with van der Waals surface area (Å²) in [6.07, 6.45) is -1.05. The number of ether oxygens (including phenoxy) is 2. The molecule has 2 saturated heterocycles. The maximum atomic E-state index is 13.7. The number of aromatic hydroxyl groups is 1. The molecule has 3 aromatic carbocycles. The van der Waals surface area contributed by atoms with Crippen LogP contribution in [0, 0.1) is 5.92 Å². The first-order valence-electron chi connectivity index (χ1n) is 10.9. The molecule has 0 radical (unpaired) electrons. The highest BCUT2D eigenvalue weighted by Gasteiger charge is 2.60. The molecule has 2 aliphatic rings. The number of phenolic OH excluding ortho intramolecular Hbond substituents is 1. The molecule has 0 spiro atoms. The molecule has 3 atom stereocenters. The summed E-state index contributed by atoms with van der Waals surface area (Å²) in [5.41, 5.74) is 1.95. The van der Waals surface area contributed by atoms with Crippen molar-refractivity contribution in [2.75, 3.05) is 24.2 Å². The summed E-state index contributed by atoms with van der Waals surface area (Å²) < 4.78 is 9.97. The molecule has 9 heteroatoms. The zero-order valence-electron chi connectivity index (χ0n) is 19.0. The fourth-order valence-corrected chi connectivity index (χ4v) is 4.55. The highest BCUT2D eigenvalue weighted by molar-refractivity contribution is 6.24. The summed E-state index contributed by atoms with van der Waals surface area (Å²) in [5, 5.41) is 11.6. The van der Waals surface area contributed by atoms with Crippen LogP contribution in [0.25, 0.3) is 0 Å². The third-order valence-electron chi connectivity index (χ3n) is 6.22. The van der Waals surface area contributed by atoms with Crippen molar-refractivity contribution in [3.05, 3.63) is 83.9 Å². The summed E-state index contributed by atoms with van der Waals surface area (Å²) in [7, 11) is 2.71. The van der Waals surface area contributed by atoms with Gasteiger partial charge in [-0.25, -0.2) is 14.8 Å². The zero-order valence-corrected chi connectivity index (χ0v) is 19.0. The average molecular weight is 474 g/mol. The van der Waals surface area contributed by atoms with Crippen LogP contribution < -0.4 is 14.7 Å². The lowest BCUT2D eigenvalue weighted by Gasteiger charge is -2.29. The first-order chi connectivity index (χ1) is 16.9. The molecule has 0 unspecified atom stereocenters. The van der Waals surface area contributed by atoms with Gasteiger partial charge in [-0.15, -0.1) is 0 Å². The number of esters is 1. The van der Waals surface area contributed by atoms with Crippen LogP contribution in [0.2, 0.25) is 0 Å². The minimum Gasteiger partial charge on any atom is -0.504 e. The average Bonchev–Trinajstić information content (AvgIpc) is 3.40. The predicted octanol–water partition coefficient (Wildman–Crippen LogP) is 3.24. The van der Waals surface area contributed by atoms with Crippen molar-refractivity contribution in [1.29, 1.82) is 0 Å². The number of para-hydroxylation sites is 1. The van der Waals surface area contributed by atoms with Crippen LogP contribution in [-0.4, -0.2) is 43.2 Å². The van der Waals surface area contributed by atoms with E-state index in [1.165, 1.54) is 44.6 Å². The number of amides is 2. The topological polar surface area (TPSA) is 106 Å². The number of fused-ring (bicyclic) bond motifs is 1. The van der Waals surface area contributed by atoms with Crippen molar-refractivity contribution in [3.8, 4) is 11.5 Å². The van der Waals surface area contributed by atoms with E-state index in [0.29, 0.717) is 22.5 Å². The van der Waals surface area contributed by atoms with Gasteiger partial charge in [0.2, 0.25) is 5.91 Å². The van der Waals surface area contributed by atoms with Crippen LogP contribution in [0.3, 0.4) is 0 Å². The molecule has 9 nitrogen and oxygen atoms in total. The molecular formula is C26H22N2O7. The van der Waals surface area contributed by atoms with E-state index in [-0.39, 0.29) is 11.5 Å². The van der Waals surface area contributed by atoms with Gasteiger partial charge in [0, 0.05) is 0 Å². The first kappa shape index (κ1) is 22.4. The number of methoxy groups -OCH3 is 2. The van der Waals surface area contributed by atoms with Crippen LogP contribution in [0.1, 0.15) is 22.0 Å². The van der Waals surface area contributed by atoms with E-state index < -0.39 is 35.8 Å².